The Labute approximate surface area is 359 Å². The maximum absolute atomic E-state index is 12.9. The minimum absolute atomic E-state index is 0.0518. The van der Waals surface area contributed by atoms with Gasteiger partial charge in [-0.1, -0.05) is 178 Å². The van der Waals surface area contributed by atoms with Gasteiger partial charge in [-0.05, 0) is 70.6 Å². The molecule has 3 N–H and O–H groups in total. The fraction of sp³-hybridized carbons (Fsp3) is 0.816. The van der Waals surface area contributed by atoms with Gasteiger partial charge in [0.25, 0.3) is 0 Å². The van der Waals surface area contributed by atoms with Crippen LogP contribution in [0.15, 0.2) is 48.6 Å². The molecule has 0 aromatic carbocycles. The zero-order chi connectivity index (χ0) is 42.8. The molecule has 0 aromatic heterocycles. The largest absolute Gasteiger partial charge is 0.472 e. The van der Waals surface area contributed by atoms with Gasteiger partial charge in [0.05, 0.1) is 39.9 Å². The van der Waals surface area contributed by atoms with Crippen molar-refractivity contribution in [3.63, 3.8) is 0 Å². The molecule has 0 saturated heterocycles. The molecule has 58 heavy (non-hydrogen) atoms. The monoisotopic (exact) mass is 838 g/mol. The number of aliphatic hydroxyl groups is 1. The number of carbonyl (C=O) groups excluding carboxylic acids is 1. The van der Waals surface area contributed by atoms with Gasteiger partial charge in [0.1, 0.15) is 13.2 Å². The highest BCUT2D eigenvalue weighted by atomic mass is 31.2. The zero-order valence-electron chi connectivity index (χ0n) is 38.5. The van der Waals surface area contributed by atoms with E-state index in [1.165, 1.54) is 141 Å². The summed E-state index contributed by atoms with van der Waals surface area (Å²) in [5.74, 6) is -0.197. The maximum Gasteiger partial charge on any atom is 0.472 e. The van der Waals surface area contributed by atoms with E-state index >= 15 is 0 Å². The number of nitrogens with one attached hydrogen (secondary N) is 1. The van der Waals surface area contributed by atoms with E-state index < -0.39 is 20.0 Å². The first-order valence-electron chi connectivity index (χ1n) is 24.0. The van der Waals surface area contributed by atoms with Gasteiger partial charge in [0.2, 0.25) is 5.91 Å². The van der Waals surface area contributed by atoms with E-state index in [-0.39, 0.29) is 19.1 Å². The van der Waals surface area contributed by atoms with Crippen molar-refractivity contribution in [2.24, 2.45) is 0 Å². The smallest absolute Gasteiger partial charge is 0.387 e. The van der Waals surface area contributed by atoms with E-state index in [0.29, 0.717) is 17.4 Å². The van der Waals surface area contributed by atoms with E-state index in [1.807, 2.05) is 27.2 Å². The van der Waals surface area contributed by atoms with Crippen molar-refractivity contribution < 1.29 is 32.9 Å². The molecule has 0 aliphatic rings. The van der Waals surface area contributed by atoms with Crippen LogP contribution >= 0.6 is 7.82 Å². The first-order chi connectivity index (χ1) is 28.0. The Hall–Kier alpha value is -1.54. The van der Waals surface area contributed by atoms with Crippen LogP contribution in [-0.4, -0.2) is 73.4 Å². The number of quaternary nitrogens is 1. The summed E-state index contributed by atoms with van der Waals surface area (Å²) in [6, 6.07) is -0.871. The molecular formula is C49H94N2O6P+. The van der Waals surface area contributed by atoms with Gasteiger partial charge in [-0.3, -0.25) is 13.8 Å². The molecule has 9 heteroatoms. The van der Waals surface area contributed by atoms with Gasteiger partial charge in [-0.15, -0.1) is 0 Å². The standard InChI is InChI=1S/C49H93N2O6P/c1-6-8-10-12-14-16-18-20-22-23-24-25-26-27-29-30-32-34-36-38-40-42-48(52)47(46-57-58(54,55)56-45-44-51(3,4)5)50-49(53)43-41-39-37-35-33-31-28-21-19-17-15-13-11-9-7-2/h17,19,26-27,32,34,40,42,47-48,52H,6-16,18,20-25,28-31,33,35-39,41,43-46H2,1-5H3,(H-,50,53,54,55)/p+1/b19-17-,27-26+,34-32+,42-40+. The molecule has 0 bridgehead atoms. The molecule has 0 rings (SSSR count). The summed E-state index contributed by atoms with van der Waals surface area (Å²) >= 11 is 0. The van der Waals surface area contributed by atoms with E-state index in [1.54, 1.807) is 6.08 Å². The molecule has 0 heterocycles. The summed E-state index contributed by atoms with van der Waals surface area (Å²) in [5.41, 5.74) is 0. The fourth-order valence-electron chi connectivity index (χ4n) is 6.66. The first kappa shape index (κ1) is 56.5. The van der Waals surface area contributed by atoms with Crippen LogP contribution in [0.4, 0.5) is 0 Å². The number of phosphoric ester groups is 1. The summed E-state index contributed by atoms with van der Waals surface area (Å²) in [7, 11) is 1.54. The Balaban J connectivity index is 4.45. The number of rotatable bonds is 43. The third-order valence-electron chi connectivity index (χ3n) is 10.5. The molecule has 340 valence electrons. The molecule has 0 saturated carbocycles. The van der Waals surface area contributed by atoms with E-state index in [4.69, 9.17) is 9.05 Å². The first-order valence-corrected chi connectivity index (χ1v) is 25.5. The lowest BCUT2D eigenvalue weighted by Gasteiger charge is -2.25. The number of allylic oxidation sites excluding steroid dienone is 7. The minimum atomic E-state index is -4.35. The van der Waals surface area contributed by atoms with Gasteiger partial charge in [-0.2, -0.15) is 0 Å². The summed E-state index contributed by atoms with van der Waals surface area (Å²) in [6.07, 6.45) is 51.9. The van der Waals surface area contributed by atoms with E-state index in [9.17, 15) is 19.4 Å². The van der Waals surface area contributed by atoms with Crippen LogP contribution in [0, 0.1) is 0 Å². The molecule has 0 fully saturated rings. The van der Waals surface area contributed by atoms with Gasteiger partial charge in [-0.25, -0.2) is 4.57 Å². The molecule has 0 radical (unpaired) electrons. The molecule has 8 nitrogen and oxygen atoms in total. The van der Waals surface area contributed by atoms with Crippen molar-refractivity contribution in [2.75, 3.05) is 40.9 Å². The molecule has 0 aliphatic carbocycles. The minimum Gasteiger partial charge on any atom is -0.387 e. The maximum atomic E-state index is 12.9. The average Bonchev–Trinajstić information content (AvgIpc) is 3.17. The van der Waals surface area contributed by atoms with Crippen LogP contribution < -0.4 is 5.32 Å². The highest BCUT2D eigenvalue weighted by Gasteiger charge is 2.27. The van der Waals surface area contributed by atoms with Crippen LogP contribution in [0.2, 0.25) is 0 Å². The summed E-state index contributed by atoms with van der Waals surface area (Å²) in [4.78, 5) is 23.1. The Morgan fingerprint density at radius 2 is 0.948 bits per heavy atom. The number of likely N-dealkylation sites (N-methyl/N-ethyl adjacent to an activating group) is 1. The highest BCUT2D eigenvalue weighted by Crippen LogP contribution is 2.43. The summed E-state index contributed by atoms with van der Waals surface area (Å²) in [6.45, 7) is 4.77. The SMILES string of the molecule is CCCCCC/C=C\CCCCCCCCCC(=O)NC(COP(=O)(O)OCC[N+](C)(C)C)C(O)/C=C/CC/C=C/CC/C=C/CCCCCCCCCCCCC. The van der Waals surface area contributed by atoms with Crippen molar-refractivity contribution in [1.29, 1.82) is 0 Å². The number of nitrogens with zero attached hydrogens (tertiary/aromatic N) is 1. The lowest BCUT2D eigenvalue weighted by molar-refractivity contribution is -0.870. The second-order valence-corrected chi connectivity index (χ2v) is 18.9. The quantitative estimate of drug-likeness (QED) is 0.0244. The van der Waals surface area contributed by atoms with Crippen LogP contribution in [0.25, 0.3) is 0 Å². The number of hydrogen-bond donors (Lipinski definition) is 3. The number of hydrogen-bond acceptors (Lipinski definition) is 5. The van der Waals surface area contributed by atoms with Crippen molar-refractivity contribution in [3.8, 4) is 0 Å². The van der Waals surface area contributed by atoms with Gasteiger partial charge in [0.15, 0.2) is 0 Å². The Morgan fingerprint density at radius 3 is 1.40 bits per heavy atom. The van der Waals surface area contributed by atoms with Crippen LogP contribution in [-0.2, 0) is 18.4 Å². The number of phosphoric acid groups is 1. The van der Waals surface area contributed by atoms with Crippen molar-refractivity contribution in [3.05, 3.63) is 48.6 Å². The Kier molecular flexibility index (Phi) is 39.8. The van der Waals surface area contributed by atoms with E-state index in [2.05, 4.69) is 55.6 Å². The number of unbranched alkanes of at least 4 members (excludes halogenated alkanes) is 24. The lowest BCUT2D eigenvalue weighted by Crippen LogP contribution is -2.45. The molecule has 0 spiro atoms. The predicted octanol–water partition coefficient (Wildman–Crippen LogP) is 13.6. The number of amides is 1. The third-order valence-corrected chi connectivity index (χ3v) is 11.5. The second-order valence-electron chi connectivity index (χ2n) is 17.5. The predicted molar refractivity (Wildman–Crippen MR) is 249 cm³/mol. The van der Waals surface area contributed by atoms with Gasteiger partial charge >= 0.3 is 7.82 Å². The molecule has 0 aromatic rings. The van der Waals surface area contributed by atoms with Crippen LogP contribution in [0.3, 0.4) is 0 Å². The Bertz CT molecular complexity index is 1090. The Morgan fingerprint density at radius 1 is 0.569 bits per heavy atom. The lowest BCUT2D eigenvalue weighted by atomic mass is 10.1. The molecule has 3 atom stereocenters. The van der Waals surface area contributed by atoms with Gasteiger partial charge in [0, 0.05) is 6.42 Å². The molecule has 0 aliphatic heterocycles. The van der Waals surface area contributed by atoms with Gasteiger partial charge < -0.3 is 19.8 Å². The van der Waals surface area contributed by atoms with E-state index in [0.717, 1.165) is 44.9 Å². The number of carbonyl (C=O) groups is 1. The van der Waals surface area contributed by atoms with Crippen molar-refractivity contribution in [1.82, 2.24) is 5.32 Å². The highest BCUT2D eigenvalue weighted by molar-refractivity contribution is 7.47. The molecule has 3 unspecified atom stereocenters. The average molecular weight is 838 g/mol. The third kappa shape index (κ3) is 42.6. The normalized spacial score (nSPS) is 14.7. The topological polar surface area (TPSA) is 105 Å². The van der Waals surface area contributed by atoms with Crippen LogP contribution in [0.5, 0.6) is 0 Å². The fourth-order valence-corrected chi connectivity index (χ4v) is 7.39. The zero-order valence-corrected chi connectivity index (χ0v) is 39.4. The van der Waals surface area contributed by atoms with Crippen molar-refractivity contribution >= 4 is 13.7 Å². The summed E-state index contributed by atoms with van der Waals surface area (Å²) in [5, 5.41) is 13.8. The van der Waals surface area contributed by atoms with Crippen LogP contribution in [0.1, 0.15) is 206 Å². The van der Waals surface area contributed by atoms with Crippen molar-refractivity contribution in [2.45, 2.75) is 219 Å². The molecule has 1 amide bonds. The molecular weight excluding hydrogens is 744 g/mol. The number of aliphatic hydroxyl groups excluding tert-OH is 1. The summed E-state index contributed by atoms with van der Waals surface area (Å²) < 4.78 is 23.6. The second kappa shape index (κ2) is 40.8.